The number of benzene rings is 4. The minimum absolute atomic E-state index is 0.0703. The Kier molecular flexibility index (Phi) is 21.8. The van der Waals surface area contributed by atoms with Crippen LogP contribution >= 0.6 is 0 Å². The number of carbonyl (C=O) groups is 3. The molecule has 2 aliphatic heterocycles. The molecule has 2 saturated heterocycles. The molecule has 0 aromatic heterocycles. The summed E-state index contributed by atoms with van der Waals surface area (Å²) in [6.07, 6.45) is -6.04. The van der Waals surface area contributed by atoms with Crippen molar-refractivity contribution in [2.75, 3.05) is 24.7 Å². The van der Waals surface area contributed by atoms with Gasteiger partial charge in [0.1, 0.15) is 60.4 Å². The fourth-order valence-corrected chi connectivity index (χ4v) is 9.56. The molecule has 13 N–H and O–H groups in total. The number of hydrogen-bond donors (Lipinski definition) is 13. The number of phenols is 1. The first-order valence-corrected chi connectivity index (χ1v) is 25.5. The van der Waals surface area contributed by atoms with Crippen LogP contribution in [0, 0.1) is 11.7 Å². The number of nitrogens with zero attached hydrogens (tertiary/aromatic N) is 1. The van der Waals surface area contributed by atoms with Crippen molar-refractivity contribution in [3.63, 3.8) is 0 Å². The number of carbonyl (C=O) groups excluding carboxylic acids is 3. The normalized spacial score (nSPS) is 22.8. The van der Waals surface area contributed by atoms with Crippen LogP contribution in [0.15, 0.2) is 91.0 Å². The molecule has 2 fully saturated rings. The molecule has 6 rings (SSSR count). The Labute approximate surface area is 429 Å². The summed E-state index contributed by atoms with van der Waals surface area (Å²) in [5.41, 5.74) is 4.24. The molecule has 2 heterocycles. The van der Waals surface area contributed by atoms with Crippen LogP contribution < -0.4 is 15.5 Å². The Balaban J connectivity index is 0.968. The number of aliphatic hydroxyl groups is 10. The fraction of sp³-hybridized carbons (Fsp3) is 0.509. The number of rotatable bonds is 28. The quantitative estimate of drug-likeness (QED) is 0.0287. The Morgan fingerprint density at radius 1 is 0.676 bits per heavy atom. The van der Waals surface area contributed by atoms with Crippen LogP contribution in [-0.2, 0) is 25.7 Å². The van der Waals surface area contributed by atoms with Gasteiger partial charge in [0.25, 0.3) is 0 Å². The van der Waals surface area contributed by atoms with Crippen LogP contribution in [0.1, 0.15) is 118 Å². The summed E-state index contributed by atoms with van der Waals surface area (Å²) in [7, 11) is 0. The third-order valence-electron chi connectivity index (χ3n) is 14.1. The van der Waals surface area contributed by atoms with Crippen molar-refractivity contribution in [2.24, 2.45) is 5.92 Å². The highest BCUT2D eigenvalue weighted by Crippen LogP contribution is 2.49. The monoisotopic (exact) mass is 1030 g/mol. The summed E-state index contributed by atoms with van der Waals surface area (Å²) >= 11 is 0. The number of unbranched alkanes of at least 4 members (excludes halogenated alkanes) is 7. The van der Waals surface area contributed by atoms with E-state index < -0.39 is 92.0 Å². The number of aliphatic hydroxyl groups excluding tert-OH is 10. The zero-order valence-corrected chi connectivity index (χ0v) is 41.3. The van der Waals surface area contributed by atoms with E-state index in [9.17, 15) is 69.8 Å². The molecule has 4 aromatic rings. The lowest BCUT2D eigenvalue weighted by Gasteiger charge is -2.48. The van der Waals surface area contributed by atoms with E-state index in [2.05, 4.69) is 10.6 Å². The molecular weight excluding hydrogens is 962 g/mol. The van der Waals surface area contributed by atoms with Crippen LogP contribution in [0.3, 0.4) is 0 Å². The summed E-state index contributed by atoms with van der Waals surface area (Å²) in [6.45, 7) is -1.36. The lowest BCUT2D eigenvalue weighted by Crippen LogP contribution is -2.55. The zero-order chi connectivity index (χ0) is 53.5. The second kappa shape index (κ2) is 27.9. The Hall–Kier alpha value is -5.42. The molecule has 3 amide bonds. The molecule has 0 radical (unpaired) electrons. The molecule has 0 saturated carbocycles. The lowest BCUT2D eigenvalue weighted by atomic mass is 9.77. The maximum Gasteiger partial charge on any atom is 0.233 e. The Bertz CT molecular complexity index is 2390. The zero-order valence-electron chi connectivity index (χ0n) is 41.3. The van der Waals surface area contributed by atoms with Gasteiger partial charge >= 0.3 is 0 Å². The van der Waals surface area contributed by atoms with Gasteiger partial charge in [-0.1, -0.05) is 99.2 Å². The average Bonchev–Trinajstić information content (AvgIpc) is 3.41. The number of hydrogen-bond acceptors (Lipinski definition) is 15. The number of β-lactam (4-membered cyclic amide) rings is 1. The molecule has 0 bridgehead atoms. The molecule has 2 aliphatic rings. The highest BCUT2D eigenvalue weighted by Gasteiger charge is 2.49. The van der Waals surface area contributed by atoms with Crippen molar-refractivity contribution >= 4 is 23.4 Å². The maximum atomic E-state index is 14.0. The van der Waals surface area contributed by atoms with Crippen LogP contribution in [0.2, 0.25) is 0 Å². The number of nitrogens with one attached hydrogen (secondary N) is 2. The number of halogens is 1. The number of aromatic hydroxyl groups is 1. The summed E-state index contributed by atoms with van der Waals surface area (Å²) in [6, 6.07) is 24.1. The highest BCUT2D eigenvalue weighted by atomic mass is 19.1. The molecule has 19 heteroatoms. The van der Waals surface area contributed by atoms with Gasteiger partial charge in [-0.15, -0.1) is 0 Å². The number of phenolic OH excluding ortho intramolecular Hbond substituents is 1. The van der Waals surface area contributed by atoms with Crippen LogP contribution in [0.25, 0.3) is 11.1 Å². The maximum absolute atomic E-state index is 14.0. The van der Waals surface area contributed by atoms with Gasteiger partial charge in [-0.05, 0) is 83.8 Å². The van der Waals surface area contributed by atoms with E-state index in [4.69, 9.17) is 9.84 Å². The second-order valence-electron chi connectivity index (χ2n) is 19.4. The SMILES string of the molecule is O=C(CCCCCCCCCCC(=O)NC[C@H](O)[C@@H](O)[C@H](O)[C@H](O)CO)NCc1ccc(N2C(=O)C(CC[C@H](O)c3ccc(F)cc3)[C@H]2c2ccc(-c3ccc([C@@H]4O[C@H](CO)[C@@H](O)[C@H](O)[C@H]4O)cc3)cc2O)cc1. The van der Waals surface area contributed by atoms with Gasteiger partial charge in [0.05, 0.1) is 37.4 Å². The molecule has 1 unspecified atom stereocenters. The number of amides is 3. The van der Waals surface area contributed by atoms with E-state index in [0.29, 0.717) is 46.3 Å². The van der Waals surface area contributed by atoms with Crippen molar-refractivity contribution in [3.05, 3.63) is 119 Å². The topological polar surface area (TPSA) is 310 Å². The third kappa shape index (κ3) is 15.1. The minimum Gasteiger partial charge on any atom is -0.508 e. The summed E-state index contributed by atoms with van der Waals surface area (Å²) in [5, 5.41) is 117. The molecule has 404 valence electrons. The van der Waals surface area contributed by atoms with Crippen molar-refractivity contribution < 1.29 is 79.7 Å². The minimum atomic E-state index is -1.75. The van der Waals surface area contributed by atoms with Crippen LogP contribution in [0.5, 0.6) is 5.75 Å². The first kappa shape index (κ1) is 57.9. The molecule has 18 nitrogen and oxygen atoms in total. The molecule has 0 aliphatic carbocycles. The Morgan fingerprint density at radius 2 is 1.26 bits per heavy atom. The first-order valence-electron chi connectivity index (χ1n) is 25.5. The average molecular weight is 1030 g/mol. The van der Waals surface area contributed by atoms with E-state index in [0.717, 1.165) is 50.5 Å². The van der Waals surface area contributed by atoms with Crippen molar-refractivity contribution in [1.82, 2.24) is 10.6 Å². The summed E-state index contributed by atoms with van der Waals surface area (Å²) in [4.78, 5) is 40.4. The molecule has 0 spiro atoms. The van der Waals surface area contributed by atoms with Gasteiger partial charge in [0, 0.05) is 37.2 Å². The largest absolute Gasteiger partial charge is 0.508 e. The number of anilines is 1. The van der Waals surface area contributed by atoms with Gasteiger partial charge in [-0.3, -0.25) is 14.4 Å². The first-order chi connectivity index (χ1) is 35.5. The van der Waals surface area contributed by atoms with Gasteiger partial charge in [-0.2, -0.15) is 0 Å². The van der Waals surface area contributed by atoms with Gasteiger partial charge in [0.2, 0.25) is 17.7 Å². The van der Waals surface area contributed by atoms with E-state index in [-0.39, 0.29) is 55.8 Å². The lowest BCUT2D eigenvalue weighted by molar-refractivity contribution is -0.231. The van der Waals surface area contributed by atoms with Crippen molar-refractivity contribution in [1.29, 1.82) is 0 Å². The summed E-state index contributed by atoms with van der Waals surface area (Å²) < 4.78 is 19.3. The summed E-state index contributed by atoms with van der Waals surface area (Å²) in [5.74, 6) is -1.71. The van der Waals surface area contributed by atoms with Crippen molar-refractivity contribution in [2.45, 2.75) is 151 Å². The van der Waals surface area contributed by atoms with E-state index in [1.165, 1.54) is 24.3 Å². The molecular formula is C55H72FN3O15. The van der Waals surface area contributed by atoms with Crippen LogP contribution in [0.4, 0.5) is 10.1 Å². The van der Waals surface area contributed by atoms with E-state index in [1.807, 2.05) is 18.2 Å². The molecule has 74 heavy (non-hydrogen) atoms. The predicted octanol–water partition coefficient (Wildman–Crippen LogP) is 3.00. The highest BCUT2D eigenvalue weighted by molar-refractivity contribution is 6.03. The number of ether oxygens (including phenoxy) is 1. The van der Waals surface area contributed by atoms with Crippen LogP contribution in [-0.4, -0.2) is 142 Å². The van der Waals surface area contributed by atoms with Gasteiger partial charge in [-0.25, -0.2) is 4.39 Å². The van der Waals surface area contributed by atoms with Gasteiger partial charge < -0.3 is 76.4 Å². The van der Waals surface area contributed by atoms with Gasteiger partial charge in [0.15, 0.2) is 0 Å². The standard InChI is InChI=1S/C55H72FN3O15/c56-37-20-17-34(18-21-37)41(62)26-25-40-48(39-24-19-36(27-42(39)63)33-13-15-35(16-14-33)54-53(72)52(71)51(70)45(31-61)74-54)59(55(40)73)38-22-11-32(12-23-38)28-57-46(66)9-7-5-3-1-2-4-6-8-10-47(67)58-29-43(64)49(68)50(69)44(65)30-60/h11-24,27,40-41,43-45,48-54,60-65,68-72H,1-10,25-26,28-31H2,(H,57,66)(H,58,67)/t40?,41-,43-,44+,45+,48+,49+,50+,51+,52-,53+,54-/m0/s1. The van der Waals surface area contributed by atoms with E-state index in [1.54, 1.807) is 53.4 Å². The third-order valence-corrected chi connectivity index (χ3v) is 14.1. The molecule has 4 aromatic carbocycles. The fourth-order valence-electron chi connectivity index (χ4n) is 9.56. The second-order valence-corrected chi connectivity index (χ2v) is 19.4. The smallest absolute Gasteiger partial charge is 0.233 e. The molecule has 12 atom stereocenters. The van der Waals surface area contributed by atoms with E-state index >= 15 is 0 Å². The van der Waals surface area contributed by atoms with Crippen molar-refractivity contribution in [3.8, 4) is 16.9 Å². The predicted molar refractivity (Wildman–Crippen MR) is 269 cm³/mol. The Morgan fingerprint density at radius 3 is 1.85 bits per heavy atom.